The molecule has 1 amide bonds. The Morgan fingerprint density at radius 2 is 1.87 bits per heavy atom. The molecule has 7 nitrogen and oxygen atoms in total. The number of aryl methyl sites for hydroxylation is 2. The Balaban J connectivity index is 1.49. The first-order chi connectivity index (χ1) is 14.4. The van der Waals surface area contributed by atoms with Gasteiger partial charge in [-0.25, -0.2) is 14.3 Å². The number of benzene rings is 1. The average Bonchev–Trinajstić information content (AvgIpc) is 3.33. The van der Waals surface area contributed by atoms with Gasteiger partial charge >= 0.3 is 0 Å². The zero-order valence-corrected chi connectivity index (χ0v) is 17.8. The Kier molecular flexibility index (Phi) is 5.57. The fraction of sp³-hybridized carbons (Fsp3) is 0.143. The summed E-state index contributed by atoms with van der Waals surface area (Å²) in [6, 6.07) is 12.6. The maximum atomic E-state index is 12.7. The maximum Gasteiger partial charge on any atom is 0.271 e. The van der Waals surface area contributed by atoms with E-state index in [1.54, 1.807) is 39.8 Å². The summed E-state index contributed by atoms with van der Waals surface area (Å²) in [6.07, 6.45) is 3.53. The molecule has 30 heavy (non-hydrogen) atoms. The van der Waals surface area contributed by atoms with Gasteiger partial charge in [0.15, 0.2) is 5.82 Å². The van der Waals surface area contributed by atoms with E-state index in [-0.39, 0.29) is 23.2 Å². The molecule has 0 aliphatic rings. The Labute approximate surface area is 183 Å². The smallest absolute Gasteiger partial charge is 0.271 e. The van der Waals surface area contributed by atoms with Crippen LogP contribution >= 0.6 is 23.2 Å². The number of nitrogens with zero attached hydrogens (tertiary/aromatic N) is 5. The molecular formula is C21H18Cl2N6O. The second kappa shape index (κ2) is 8.30. The van der Waals surface area contributed by atoms with Gasteiger partial charge in [-0.05, 0) is 56.3 Å². The number of amides is 1. The van der Waals surface area contributed by atoms with Crippen LogP contribution < -0.4 is 5.32 Å². The van der Waals surface area contributed by atoms with Crippen LogP contribution in [-0.2, 0) is 6.54 Å². The van der Waals surface area contributed by atoms with Gasteiger partial charge in [0.1, 0.15) is 5.69 Å². The fourth-order valence-electron chi connectivity index (χ4n) is 3.02. The highest BCUT2D eigenvalue weighted by atomic mass is 35.5. The molecule has 0 aliphatic heterocycles. The van der Waals surface area contributed by atoms with Crippen molar-refractivity contribution in [2.45, 2.75) is 20.4 Å². The molecule has 0 spiro atoms. The molecular weight excluding hydrogens is 423 g/mol. The van der Waals surface area contributed by atoms with Crippen molar-refractivity contribution >= 4 is 29.1 Å². The molecule has 0 unspecified atom stereocenters. The first-order valence-electron chi connectivity index (χ1n) is 9.18. The summed E-state index contributed by atoms with van der Waals surface area (Å²) in [5.41, 5.74) is 3.64. The van der Waals surface area contributed by atoms with Crippen molar-refractivity contribution in [2.75, 3.05) is 0 Å². The Bertz CT molecular complexity index is 1210. The predicted molar refractivity (Wildman–Crippen MR) is 116 cm³/mol. The summed E-state index contributed by atoms with van der Waals surface area (Å²) < 4.78 is 3.39. The van der Waals surface area contributed by atoms with Crippen LogP contribution in [0.4, 0.5) is 0 Å². The second-order valence-electron chi connectivity index (χ2n) is 6.79. The number of hydrogen-bond acceptors (Lipinski definition) is 4. The molecule has 9 heteroatoms. The minimum absolute atomic E-state index is 0.145. The molecule has 0 atom stereocenters. The summed E-state index contributed by atoms with van der Waals surface area (Å²) >= 11 is 12.1. The summed E-state index contributed by atoms with van der Waals surface area (Å²) in [5.74, 6) is 0.160. The first kappa shape index (κ1) is 20.1. The van der Waals surface area contributed by atoms with Gasteiger partial charge in [0.05, 0.1) is 22.6 Å². The zero-order valence-electron chi connectivity index (χ0n) is 16.3. The molecule has 0 aliphatic carbocycles. The molecule has 0 radical (unpaired) electrons. The topological polar surface area (TPSA) is 77.6 Å². The van der Waals surface area contributed by atoms with Gasteiger partial charge in [-0.2, -0.15) is 10.2 Å². The third-order valence-electron chi connectivity index (χ3n) is 4.45. The Morgan fingerprint density at radius 1 is 1.10 bits per heavy atom. The third-order valence-corrected chi connectivity index (χ3v) is 5.01. The third kappa shape index (κ3) is 4.22. The number of pyridine rings is 1. The number of carbonyl (C=O) groups excluding carboxylic acids is 1. The van der Waals surface area contributed by atoms with Crippen LogP contribution in [0.2, 0.25) is 10.0 Å². The number of nitrogens with one attached hydrogen (secondary N) is 1. The predicted octanol–water partition coefficient (Wildman–Crippen LogP) is 4.31. The van der Waals surface area contributed by atoms with E-state index in [0.29, 0.717) is 10.8 Å². The molecule has 0 bridgehead atoms. The minimum Gasteiger partial charge on any atom is -0.346 e. The normalized spacial score (nSPS) is 10.9. The molecule has 1 aromatic carbocycles. The van der Waals surface area contributed by atoms with Crippen LogP contribution in [0.15, 0.2) is 54.9 Å². The van der Waals surface area contributed by atoms with Gasteiger partial charge in [-0.1, -0.05) is 23.2 Å². The lowest BCUT2D eigenvalue weighted by Gasteiger charge is -2.08. The summed E-state index contributed by atoms with van der Waals surface area (Å²) in [7, 11) is 0. The molecule has 3 heterocycles. The number of aromatic nitrogens is 5. The lowest BCUT2D eigenvalue weighted by Crippen LogP contribution is -2.24. The van der Waals surface area contributed by atoms with Gasteiger partial charge in [0.2, 0.25) is 0 Å². The standard InChI is InChI=1S/C21H18Cl2N6O/c1-13-9-14(2)29(27-13)19-8-7-18(23)20(26-19)21(30)24-10-15-11-25-28(12-15)17-5-3-16(22)4-6-17/h3-9,11-12H,10H2,1-2H3,(H,24,30). The van der Waals surface area contributed by atoms with E-state index in [0.717, 1.165) is 22.6 Å². The van der Waals surface area contributed by atoms with E-state index in [2.05, 4.69) is 20.5 Å². The van der Waals surface area contributed by atoms with Crippen molar-refractivity contribution in [3.8, 4) is 11.5 Å². The van der Waals surface area contributed by atoms with Crippen molar-refractivity contribution < 1.29 is 4.79 Å². The van der Waals surface area contributed by atoms with Crippen LogP contribution in [-0.4, -0.2) is 30.5 Å². The van der Waals surface area contributed by atoms with Gasteiger partial charge in [-0.15, -0.1) is 0 Å². The van der Waals surface area contributed by atoms with Gasteiger partial charge < -0.3 is 5.32 Å². The summed E-state index contributed by atoms with van der Waals surface area (Å²) in [4.78, 5) is 17.1. The fourth-order valence-corrected chi connectivity index (χ4v) is 3.34. The summed E-state index contributed by atoms with van der Waals surface area (Å²) in [5, 5.41) is 12.5. The molecule has 4 rings (SSSR count). The average molecular weight is 441 g/mol. The lowest BCUT2D eigenvalue weighted by molar-refractivity contribution is 0.0946. The van der Waals surface area contributed by atoms with Crippen molar-refractivity contribution in [2.24, 2.45) is 0 Å². The van der Waals surface area contributed by atoms with E-state index in [1.807, 2.05) is 38.2 Å². The van der Waals surface area contributed by atoms with Crippen molar-refractivity contribution in [3.05, 3.63) is 87.5 Å². The minimum atomic E-state index is -0.373. The van der Waals surface area contributed by atoms with Crippen molar-refractivity contribution in [3.63, 3.8) is 0 Å². The molecule has 0 saturated carbocycles. The quantitative estimate of drug-likeness (QED) is 0.501. The number of rotatable bonds is 5. The zero-order chi connectivity index (χ0) is 21.3. The van der Waals surface area contributed by atoms with Crippen molar-refractivity contribution in [1.82, 2.24) is 29.9 Å². The first-order valence-corrected chi connectivity index (χ1v) is 9.94. The van der Waals surface area contributed by atoms with Crippen LogP contribution in [0.25, 0.3) is 11.5 Å². The number of carbonyl (C=O) groups is 1. The van der Waals surface area contributed by atoms with E-state index < -0.39 is 0 Å². The van der Waals surface area contributed by atoms with E-state index >= 15 is 0 Å². The van der Waals surface area contributed by atoms with E-state index in [4.69, 9.17) is 23.2 Å². The molecule has 152 valence electrons. The van der Waals surface area contributed by atoms with Crippen LogP contribution in [0.3, 0.4) is 0 Å². The molecule has 0 fully saturated rings. The van der Waals surface area contributed by atoms with Crippen LogP contribution in [0.5, 0.6) is 0 Å². The maximum absolute atomic E-state index is 12.7. The van der Waals surface area contributed by atoms with Crippen molar-refractivity contribution in [1.29, 1.82) is 0 Å². The highest BCUT2D eigenvalue weighted by Gasteiger charge is 2.15. The Morgan fingerprint density at radius 3 is 2.57 bits per heavy atom. The van der Waals surface area contributed by atoms with E-state index in [1.165, 1.54) is 0 Å². The Hall–Kier alpha value is -3.16. The summed E-state index contributed by atoms with van der Waals surface area (Å²) in [6.45, 7) is 4.11. The molecule has 0 saturated heterocycles. The lowest BCUT2D eigenvalue weighted by atomic mass is 10.3. The van der Waals surface area contributed by atoms with Crippen LogP contribution in [0.1, 0.15) is 27.4 Å². The molecule has 4 aromatic rings. The molecule has 3 aromatic heterocycles. The monoisotopic (exact) mass is 440 g/mol. The number of halogens is 2. The largest absolute Gasteiger partial charge is 0.346 e. The highest BCUT2D eigenvalue weighted by molar-refractivity contribution is 6.33. The second-order valence-corrected chi connectivity index (χ2v) is 7.63. The SMILES string of the molecule is Cc1cc(C)n(-c2ccc(Cl)c(C(=O)NCc3cnn(-c4ccc(Cl)cc4)c3)n2)n1. The van der Waals surface area contributed by atoms with Crippen LogP contribution in [0, 0.1) is 13.8 Å². The van der Waals surface area contributed by atoms with Gasteiger partial charge in [-0.3, -0.25) is 4.79 Å². The van der Waals surface area contributed by atoms with E-state index in [9.17, 15) is 4.79 Å². The number of hydrogen-bond donors (Lipinski definition) is 1. The highest BCUT2D eigenvalue weighted by Crippen LogP contribution is 2.18. The van der Waals surface area contributed by atoms with Gasteiger partial charge in [0.25, 0.3) is 5.91 Å². The van der Waals surface area contributed by atoms with Gasteiger partial charge in [0, 0.05) is 29.0 Å². The molecule has 1 N–H and O–H groups in total.